The zero-order valence-corrected chi connectivity index (χ0v) is 13.0. The molecule has 7 heteroatoms. The zero-order valence-electron chi connectivity index (χ0n) is 9.79. The first-order valence-corrected chi connectivity index (χ1v) is 6.55. The molecule has 1 heterocycles. The van der Waals surface area contributed by atoms with Crippen molar-refractivity contribution in [3.8, 4) is 0 Å². The fraction of sp³-hybridized carbons (Fsp3) is 0.500. The highest BCUT2D eigenvalue weighted by Gasteiger charge is 2.28. The highest BCUT2D eigenvalue weighted by Crippen LogP contribution is 2.22. The molecule has 0 saturated carbocycles. The molecule has 0 bridgehead atoms. The van der Waals surface area contributed by atoms with Gasteiger partial charge in [0.05, 0.1) is 12.2 Å². The van der Waals surface area contributed by atoms with Crippen LogP contribution in [0.15, 0.2) is 15.4 Å². The highest BCUT2D eigenvalue weighted by atomic mass is 79.9. The molecule has 5 nitrogen and oxygen atoms in total. The Morgan fingerprint density at radius 2 is 2.06 bits per heavy atom. The van der Waals surface area contributed by atoms with Crippen LogP contribution in [0, 0.1) is 5.41 Å². The lowest BCUT2D eigenvalue weighted by Gasteiger charge is -2.25. The summed E-state index contributed by atoms with van der Waals surface area (Å²) in [6, 6.07) is -0.611. The van der Waals surface area contributed by atoms with Crippen LogP contribution in [-0.4, -0.2) is 21.9 Å². The number of hydrogen-bond acceptors (Lipinski definition) is 4. The van der Waals surface area contributed by atoms with Crippen molar-refractivity contribution in [3.63, 3.8) is 0 Å². The fourth-order valence-electron chi connectivity index (χ4n) is 1.02. The molecule has 0 aliphatic rings. The van der Waals surface area contributed by atoms with Crippen molar-refractivity contribution >= 4 is 43.6 Å². The maximum absolute atomic E-state index is 11.9. The third kappa shape index (κ3) is 4.01. The number of nitrogens with two attached hydrogens (primary N) is 1. The van der Waals surface area contributed by atoms with Gasteiger partial charge in [0.25, 0.3) is 0 Å². The van der Waals surface area contributed by atoms with Gasteiger partial charge in [0.15, 0.2) is 5.82 Å². The maximum Gasteiger partial charge on any atom is 0.243 e. The number of carbonyl (C=O) groups is 1. The van der Waals surface area contributed by atoms with E-state index in [9.17, 15) is 4.79 Å². The average molecular weight is 366 g/mol. The Balaban J connectivity index is 2.82. The van der Waals surface area contributed by atoms with Gasteiger partial charge in [-0.15, -0.1) is 0 Å². The fourth-order valence-corrected chi connectivity index (χ4v) is 1.93. The first-order chi connectivity index (χ1) is 7.71. The minimum atomic E-state index is -0.611. The van der Waals surface area contributed by atoms with Crippen molar-refractivity contribution in [2.24, 2.45) is 11.1 Å². The number of hydrogen-bond donors (Lipinski definition) is 2. The number of halogens is 2. The summed E-state index contributed by atoms with van der Waals surface area (Å²) in [6.07, 6.45) is 1.50. The maximum atomic E-state index is 11.9. The average Bonchev–Trinajstić information content (AvgIpc) is 2.19. The molecule has 0 saturated heterocycles. The predicted molar refractivity (Wildman–Crippen MR) is 73.5 cm³/mol. The summed E-state index contributed by atoms with van der Waals surface area (Å²) in [4.78, 5) is 20.0. The van der Waals surface area contributed by atoms with Crippen molar-refractivity contribution in [1.29, 1.82) is 0 Å². The second-order valence-electron chi connectivity index (χ2n) is 4.67. The molecule has 0 aliphatic heterocycles. The molecule has 1 rings (SSSR count). The van der Waals surface area contributed by atoms with Gasteiger partial charge in [-0.2, -0.15) is 0 Å². The van der Waals surface area contributed by atoms with Gasteiger partial charge in [-0.25, -0.2) is 9.97 Å². The van der Waals surface area contributed by atoms with E-state index in [0.717, 1.165) is 0 Å². The van der Waals surface area contributed by atoms with Crippen molar-refractivity contribution in [3.05, 3.63) is 15.4 Å². The Kier molecular flexibility index (Phi) is 4.62. The molecule has 0 aliphatic carbocycles. The standard InChI is InChI=1S/C10H14Br2N4O/c1-10(2,3)6(13)9(17)16-8-7(12)15-5(11)4-14-8/h4,6H,13H2,1-3H3,(H,14,16,17). The highest BCUT2D eigenvalue weighted by molar-refractivity contribution is 9.11. The minimum absolute atomic E-state index is 0.283. The van der Waals surface area contributed by atoms with Crippen molar-refractivity contribution in [2.45, 2.75) is 26.8 Å². The van der Waals surface area contributed by atoms with Crippen LogP contribution in [0.5, 0.6) is 0 Å². The van der Waals surface area contributed by atoms with Crippen molar-refractivity contribution in [1.82, 2.24) is 9.97 Å². The van der Waals surface area contributed by atoms with Gasteiger partial charge < -0.3 is 11.1 Å². The minimum Gasteiger partial charge on any atom is -0.319 e. The molecule has 0 aromatic carbocycles. The van der Waals surface area contributed by atoms with Crippen LogP contribution in [0.1, 0.15) is 20.8 Å². The molecule has 1 aromatic rings. The third-order valence-electron chi connectivity index (χ3n) is 2.16. The van der Waals surface area contributed by atoms with Crippen molar-refractivity contribution < 1.29 is 4.79 Å². The largest absolute Gasteiger partial charge is 0.319 e. The Morgan fingerprint density at radius 1 is 1.47 bits per heavy atom. The quantitative estimate of drug-likeness (QED) is 0.842. The van der Waals surface area contributed by atoms with E-state index < -0.39 is 6.04 Å². The second-order valence-corrected chi connectivity index (χ2v) is 6.23. The molecule has 0 spiro atoms. The molecule has 1 unspecified atom stereocenters. The lowest BCUT2D eigenvalue weighted by molar-refractivity contribution is -0.119. The van der Waals surface area contributed by atoms with E-state index in [0.29, 0.717) is 15.0 Å². The summed E-state index contributed by atoms with van der Waals surface area (Å²) in [5, 5.41) is 2.64. The van der Waals surface area contributed by atoms with Crippen LogP contribution >= 0.6 is 31.9 Å². The normalized spacial score (nSPS) is 13.3. The Bertz CT molecular complexity index is 431. The van der Waals surface area contributed by atoms with E-state index in [2.05, 4.69) is 47.1 Å². The number of carbonyl (C=O) groups excluding carboxylic acids is 1. The molecule has 1 atom stereocenters. The summed E-state index contributed by atoms with van der Waals surface area (Å²) < 4.78 is 1.05. The number of rotatable bonds is 2. The lowest BCUT2D eigenvalue weighted by atomic mass is 9.87. The van der Waals surface area contributed by atoms with Gasteiger partial charge in [0.2, 0.25) is 5.91 Å². The van der Waals surface area contributed by atoms with Crippen LogP contribution in [0.4, 0.5) is 5.82 Å². The van der Waals surface area contributed by atoms with Crippen LogP contribution in [0.2, 0.25) is 0 Å². The smallest absolute Gasteiger partial charge is 0.243 e. The van der Waals surface area contributed by atoms with Crippen LogP contribution in [0.3, 0.4) is 0 Å². The topological polar surface area (TPSA) is 80.9 Å². The van der Waals surface area contributed by atoms with Gasteiger partial charge in [0.1, 0.15) is 9.21 Å². The Labute approximate surface area is 117 Å². The molecule has 3 N–H and O–H groups in total. The SMILES string of the molecule is CC(C)(C)C(N)C(=O)Nc1ncc(Br)nc1Br. The van der Waals surface area contributed by atoms with Crippen LogP contribution in [0.25, 0.3) is 0 Å². The number of nitrogens with one attached hydrogen (secondary N) is 1. The van der Waals surface area contributed by atoms with Crippen LogP contribution < -0.4 is 11.1 Å². The number of aromatic nitrogens is 2. The summed E-state index contributed by atoms with van der Waals surface area (Å²) in [6.45, 7) is 5.71. The predicted octanol–water partition coefficient (Wildman–Crippen LogP) is 2.31. The van der Waals surface area contributed by atoms with Gasteiger partial charge in [0, 0.05) is 0 Å². The Hall–Kier alpha value is -0.530. The molecule has 1 amide bonds. The molecular weight excluding hydrogens is 352 g/mol. The summed E-state index contributed by atoms with van der Waals surface area (Å²) in [5.41, 5.74) is 5.53. The molecule has 1 aromatic heterocycles. The third-order valence-corrected chi connectivity index (χ3v) is 3.09. The van der Waals surface area contributed by atoms with E-state index in [1.165, 1.54) is 6.20 Å². The van der Waals surface area contributed by atoms with E-state index in [4.69, 9.17) is 5.73 Å². The molecular formula is C10H14Br2N4O. The van der Waals surface area contributed by atoms with E-state index in [1.807, 2.05) is 20.8 Å². The first-order valence-electron chi connectivity index (χ1n) is 4.96. The zero-order chi connectivity index (χ0) is 13.2. The number of amides is 1. The first kappa shape index (κ1) is 14.5. The summed E-state index contributed by atoms with van der Waals surface area (Å²) >= 11 is 6.40. The number of nitrogens with zero attached hydrogens (tertiary/aromatic N) is 2. The van der Waals surface area contributed by atoms with Crippen molar-refractivity contribution in [2.75, 3.05) is 5.32 Å². The second kappa shape index (κ2) is 5.41. The summed E-state index contributed by atoms with van der Waals surface area (Å²) in [7, 11) is 0. The molecule has 0 radical (unpaired) electrons. The van der Waals surface area contributed by atoms with Gasteiger partial charge in [-0.3, -0.25) is 4.79 Å². The lowest BCUT2D eigenvalue weighted by Crippen LogP contribution is -2.45. The molecule has 94 valence electrons. The van der Waals surface area contributed by atoms with Gasteiger partial charge in [-0.05, 0) is 37.3 Å². The monoisotopic (exact) mass is 364 g/mol. The Morgan fingerprint density at radius 3 is 2.53 bits per heavy atom. The van der Waals surface area contributed by atoms with E-state index >= 15 is 0 Å². The van der Waals surface area contributed by atoms with Gasteiger partial charge >= 0.3 is 0 Å². The molecule has 17 heavy (non-hydrogen) atoms. The van der Waals surface area contributed by atoms with E-state index in [1.54, 1.807) is 0 Å². The molecule has 0 fully saturated rings. The van der Waals surface area contributed by atoms with Gasteiger partial charge in [-0.1, -0.05) is 20.8 Å². The number of anilines is 1. The van der Waals surface area contributed by atoms with E-state index in [-0.39, 0.29) is 11.3 Å². The van der Waals surface area contributed by atoms with Crippen LogP contribution in [-0.2, 0) is 4.79 Å². The summed E-state index contributed by atoms with van der Waals surface area (Å²) in [5.74, 6) is 0.0766.